The Balaban J connectivity index is 3.27. The first-order valence-electron chi connectivity index (χ1n) is 5.29. The molecule has 0 aliphatic carbocycles. The number of hydrogen-bond acceptors (Lipinski definition) is 2. The van der Waals surface area contributed by atoms with Crippen molar-refractivity contribution in [2.45, 2.75) is 13.3 Å². The molecule has 0 bridgehead atoms. The van der Waals surface area contributed by atoms with Gasteiger partial charge in [-0.3, -0.25) is 4.79 Å². The monoisotopic (exact) mass is 283 g/mol. The van der Waals surface area contributed by atoms with Gasteiger partial charge in [0.15, 0.2) is 23.3 Å². The van der Waals surface area contributed by atoms with Gasteiger partial charge < -0.3 is 10.0 Å². The molecule has 1 aromatic rings. The van der Waals surface area contributed by atoms with Gasteiger partial charge in [-0.25, -0.2) is 22.0 Å². The Kier molecular flexibility index (Phi) is 4.68. The standard InChI is InChI=1S/C11H10F5NO2/c1-2-17(4-3-5(18)19)11-9(15)7(13)6(12)8(14)10(11)16/h2-4H2,1H3,(H,18,19). The summed E-state index contributed by atoms with van der Waals surface area (Å²) in [4.78, 5) is 11.2. The summed E-state index contributed by atoms with van der Waals surface area (Å²) in [7, 11) is 0. The van der Waals surface area contributed by atoms with Crippen LogP contribution in [0.15, 0.2) is 0 Å². The Labute approximate surface area is 105 Å². The van der Waals surface area contributed by atoms with Crippen LogP contribution in [0.2, 0.25) is 0 Å². The average Bonchev–Trinajstić information content (AvgIpc) is 2.37. The van der Waals surface area contributed by atoms with Crippen LogP contribution >= 0.6 is 0 Å². The van der Waals surface area contributed by atoms with Crippen LogP contribution < -0.4 is 4.90 Å². The second kappa shape index (κ2) is 5.85. The largest absolute Gasteiger partial charge is 0.481 e. The molecule has 0 aromatic heterocycles. The van der Waals surface area contributed by atoms with E-state index in [-0.39, 0.29) is 13.1 Å². The molecular weight excluding hydrogens is 273 g/mol. The zero-order valence-electron chi connectivity index (χ0n) is 9.81. The lowest BCUT2D eigenvalue weighted by Crippen LogP contribution is -2.28. The fourth-order valence-corrected chi connectivity index (χ4v) is 1.53. The first-order valence-corrected chi connectivity index (χ1v) is 5.29. The summed E-state index contributed by atoms with van der Waals surface area (Å²) in [6.07, 6.45) is -0.493. The lowest BCUT2D eigenvalue weighted by atomic mass is 10.2. The molecule has 8 heteroatoms. The molecule has 1 aromatic carbocycles. The Morgan fingerprint density at radius 3 is 1.79 bits per heavy atom. The molecule has 0 heterocycles. The van der Waals surface area contributed by atoms with Crippen molar-refractivity contribution in [2.24, 2.45) is 0 Å². The van der Waals surface area contributed by atoms with Gasteiger partial charge in [0.25, 0.3) is 0 Å². The molecule has 1 N–H and O–H groups in total. The van der Waals surface area contributed by atoms with E-state index >= 15 is 0 Å². The van der Waals surface area contributed by atoms with Gasteiger partial charge in [0, 0.05) is 13.1 Å². The van der Waals surface area contributed by atoms with Gasteiger partial charge in [-0.15, -0.1) is 0 Å². The molecule has 1 rings (SSSR count). The summed E-state index contributed by atoms with van der Waals surface area (Å²) in [5.41, 5.74) is -1.11. The minimum Gasteiger partial charge on any atom is -0.481 e. The summed E-state index contributed by atoms with van der Waals surface area (Å²) >= 11 is 0. The van der Waals surface area contributed by atoms with E-state index in [0.717, 1.165) is 4.90 Å². The first-order chi connectivity index (χ1) is 8.81. The second-order valence-electron chi connectivity index (χ2n) is 3.64. The van der Waals surface area contributed by atoms with Crippen molar-refractivity contribution in [3.63, 3.8) is 0 Å². The van der Waals surface area contributed by atoms with Gasteiger partial charge in [0.2, 0.25) is 5.82 Å². The molecule has 0 aliphatic rings. The van der Waals surface area contributed by atoms with Gasteiger partial charge in [0.1, 0.15) is 5.69 Å². The number of carboxylic acids is 1. The van der Waals surface area contributed by atoms with E-state index in [9.17, 15) is 26.7 Å². The molecule has 106 valence electrons. The number of anilines is 1. The molecule has 19 heavy (non-hydrogen) atoms. The molecule has 0 radical (unpaired) electrons. The van der Waals surface area contributed by atoms with Gasteiger partial charge in [-0.2, -0.15) is 0 Å². The predicted molar refractivity (Wildman–Crippen MR) is 56.4 cm³/mol. The fraction of sp³-hybridized carbons (Fsp3) is 0.364. The summed E-state index contributed by atoms with van der Waals surface area (Å²) in [5.74, 6) is -11.5. The third-order valence-corrected chi connectivity index (χ3v) is 2.48. The Hall–Kier alpha value is -1.86. The van der Waals surface area contributed by atoms with E-state index in [4.69, 9.17) is 5.11 Å². The van der Waals surface area contributed by atoms with Gasteiger partial charge in [-0.1, -0.05) is 0 Å². The quantitative estimate of drug-likeness (QED) is 0.513. The smallest absolute Gasteiger partial charge is 0.305 e. The number of benzene rings is 1. The van der Waals surface area contributed by atoms with Crippen molar-refractivity contribution < 1.29 is 31.9 Å². The third kappa shape index (κ3) is 2.94. The van der Waals surface area contributed by atoms with E-state index in [2.05, 4.69) is 0 Å². The maximum Gasteiger partial charge on any atom is 0.305 e. The molecule has 3 nitrogen and oxygen atoms in total. The Bertz CT molecular complexity index is 477. The van der Waals surface area contributed by atoms with Crippen molar-refractivity contribution in [1.29, 1.82) is 0 Å². The van der Waals surface area contributed by atoms with E-state index in [1.165, 1.54) is 6.92 Å². The number of carboxylic acid groups (broad SMARTS) is 1. The highest BCUT2D eigenvalue weighted by Crippen LogP contribution is 2.30. The zero-order valence-corrected chi connectivity index (χ0v) is 9.81. The number of nitrogens with zero attached hydrogens (tertiary/aromatic N) is 1. The molecular formula is C11H10F5NO2. The van der Waals surface area contributed by atoms with Crippen molar-refractivity contribution in [3.05, 3.63) is 29.1 Å². The first kappa shape index (κ1) is 15.2. The minimum atomic E-state index is -2.24. The second-order valence-corrected chi connectivity index (χ2v) is 3.64. The lowest BCUT2D eigenvalue weighted by molar-refractivity contribution is -0.136. The minimum absolute atomic E-state index is 0.106. The molecule has 0 spiro atoms. The van der Waals surface area contributed by atoms with Crippen molar-refractivity contribution in [1.82, 2.24) is 0 Å². The number of rotatable bonds is 5. The summed E-state index contributed by atoms with van der Waals surface area (Å²) in [5, 5.41) is 8.47. The van der Waals surface area contributed by atoms with Crippen molar-refractivity contribution in [3.8, 4) is 0 Å². The van der Waals surface area contributed by atoms with Crippen LogP contribution in [0.25, 0.3) is 0 Å². The van der Waals surface area contributed by atoms with Gasteiger partial charge in [0.05, 0.1) is 6.42 Å². The van der Waals surface area contributed by atoms with Crippen LogP contribution in [0.5, 0.6) is 0 Å². The van der Waals surface area contributed by atoms with Crippen LogP contribution in [0.4, 0.5) is 27.6 Å². The molecule has 0 fully saturated rings. The summed E-state index contributed by atoms with van der Waals surface area (Å²) in [6, 6.07) is 0. The SMILES string of the molecule is CCN(CCC(=O)O)c1c(F)c(F)c(F)c(F)c1F. The number of halogens is 5. The normalized spacial score (nSPS) is 10.6. The molecule has 0 unspecified atom stereocenters. The molecule has 0 saturated heterocycles. The summed E-state index contributed by atoms with van der Waals surface area (Å²) < 4.78 is 65.7. The maximum atomic E-state index is 13.5. The zero-order chi connectivity index (χ0) is 14.7. The predicted octanol–water partition coefficient (Wildman–Crippen LogP) is 2.68. The van der Waals surface area contributed by atoms with Crippen LogP contribution in [-0.4, -0.2) is 24.2 Å². The lowest BCUT2D eigenvalue weighted by Gasteiger charge is -2.23. The fourth-order valence-electron chi connectivity index (χ4n) is 1.53. The maximum absolute atomic E-state index is 13.5. The molecule has 0 amide bonds. The highest BCUT2D eigenvalue weighted by Gasteiger charge is 2.28. The third-order valence-electron chi connectivity index (χ3n) is 2.48. The molecule has 0 saturated carbocycles. The van der Waals surface area contributed by atoms with Gasteiger partial charge >= 0.3 is 5.97 Å². The van der Waals surface area contributed by atoms with Crippen molar-refractivity contribution in [2.75, 3.05) is 18.0 Å². The van der Waals surface area contributed by atoms with Crippen LogP contribution in [0, 0.1) is 29.1 Å². The molecule has 0 atom stereocenters. The van der Waals surface area contributed by atoms with E-state index in [0.29, 0.717) is 0 Å². The van der Waals surface area contributed by atoms with Gasteiger partial charge in [-0.05, 0) is 6.92 Å². The Morgan fingerprint density at radius 1 is 1.00 bits per heavy atom. The number of aliphatic carboxylic acids is 1. The van der Waals surface area contributed by atoms with Crippen LogP contribution in [0.1, 0.15) is 13.3 Å². The summed E-state index contributed by atoms with van der Waals surface area (Å²) in [6.45, 7) is 0.926. The topological polar surface area (TPSA) is 40.5 Å². The van der Waals surface area contributed by atoms with Crippen LogP contribution in [-0.2, 0) is 4.79 Å². The van der Waals surface area contributed by atoms with Crippen molar-refractivity contribution >= 4 is 11.7 Å². The van der Waals surface area contributed by atoms with E-state index in [1.807, 2.05) is 0 Å². The van der Waals surface area contributed by atoms with Crippen LogP contribution in [0.3, 0.4) is 0 Å². The average molecular weight is 283 g/mol. The highest BCUT2D eigenvalue weighted by molar-refractivity contribution is 5.67. The van der Waals surface area contributed by atoms with E-state index < -0.39 is 47.2 Å². The number of hydrogen-bond donors (Lipinski definition) is 1. The van der Waals surface area contributed by atoms with E-state index in [1.54, 1.807) is 0 Å². The molecule has 0 aliphatic heterocycles. The number of carbonyl (C=O) groups is 1. The highest BCUT2D eigenvalue weighted by atomic mass is 19.2. The Morgan fingerprint density at radius 2 is 1.42 bits per heavy atom.